The van der Waals surface area contributed by atoms with Gasteiger partial charge in [-0.1, -0.05) is 109 Å². The highest BCUT2D eigenvalue weighted by atomic mass is 15.3. The molecule has 7 aromatic carbocycles. The maximum absolute atomic E-state index is 9.96. The summed E-state index contributed by atoms with van der Waals surface area (Å²) in [7, 11) is 2.07. The molecule has 3 heterocycles. The van der Waals surface area contributed by atoms with Crippen LogP contribution < -0.4 is 0 Å². The molecular formula is C47H32N6. The maximum Gasteiger partial charge on any atom is 0.159 e. The number of fused-ring (bicyclic) bond motifs is 6. The topological polar surface area (TPSA) is 61.6 Å². The molecule has 0 N–H and O–H groups in total. The van der Waals surface area contributed by atoms with Gasteiger partial charge in [0.15, 0.2) is 12.0 Å². The quantitative estimate of drug-likeness (QED) is 0.182. The maximum atomic E-state index is 9.96. The van der Waals surface area contributed by atoms with Crippen molar-refractivity contribution in [3.63, 3.8) is 0 Å². The van der Waals surface area contributed by atoms with E-state index in [1.807, 2.05) is 48.5 Å². The second-order valence-electron chi connectivity index (χ2n) is 13.5. The van der Waals surface area contributed by atoms with Crippen LogP contribution >= 0.6 is 0 Å². The van der Waals surface area contributed by atoms with Crippen molar-refractivity contribution in [1.29, 1.82) is 5.26 Å². The first-order chi connectivity index (χ1) is 26.2. The highest BCUT2D eigenvalue weighted by molar-refractivity contribution is 6.19. The van der Waals surface area contributed by atoms with Gasteiger partial charge in [-0.2, -0.15) is 5.26 Å². The average molecular weight is 681 g/mol. The Balaban J connectivity index is 1.21. The summed E-state index contributed by atoms with van der Waals surface area (Å²) in [5.41, 5.74) is 10.2. The molecule has 1 aliphatic rings. The summed E-state index contributed by atoms with van der Waals surface area (Å²) in [5.74, 6) is 1.57. The van der Waals surface area contributed by atoms with Gasteiger partial charge in [0, 0.05) is 51.1 Å². The summed E-state index contributed by atoms with van der Waals surface area (Å²) in [6.45, 7) is 0. The molecular weight excluding hydrogens is 649 g/mol. The Morgan fingerprint density at radius 2 is 1.11 bits per heavy atom. The Morgan fingerprint density at radius 1 is 0.509 bits per heavy atom. The molecule has 6 nitrogen and oxygen atoms in total. The van der Waals surface area contributed by atoms with Crippen LogP contribution in [-0.2, 0) is 0 Å². The summed E-state index contributed by atoms with van der Waals surface area (Å²) >= 11 is 0. The number of hydrogen-bond donors (Lipinski definition) is 0. The molecule has 10 rings (SSSR count). The Kier molecular flexibility index (Phi) is 7.05. The van der Waals surface area contributed by atoms with E-state index in [1.54, 1.807) is 0 Å². The fourth-order valence-corrected chi connectivity index (χ4v) is 7.91. The highest BCUT2D eigenvalue weighted by Crippen LogP contribution is 2.40. The summed E-state index contributed by atoms with van der Waals surface area (Å²) in [6, 6.07) is 61.3. The molecule has 250 valence electrons. The molecule has 0 aliphatic carbocycles. The van der Waals surface area contributed by atoms with Crippen molar-refractivity contribution in [2.45, 2.75) is 6.17 Å². The van der Waals surface area contributed by atoms with E-state index in [0.717, 1.165) is 66.7 Å². The fraction of sp³-hybridized carbons (Fsp3) is 0.0426. The number of aliphatic imine (C=N–C) groups is 2. The second-order valence-corrected chi connectivity index (χ2v) is 13.5. The Hall–Kier alpha value is -7.23. The number of aromatic nitrogens is 2. The Labute approximate surface area is 306 Å². The zero-order valence-electron chi connectivity index (χ0n) is 28.9. The first-order valence-corrected chi connectivity index (χ1v) is 17.7. The van der Waals surface area contributed by atoms with Crippen molar-refractivity contribution >= 4 is 55.3 Å². The molecule has 0 saturated heterocycles. The molecule has 1 unspecified atom stereocenters. The number of nitriles is 1. The van der Waals surface area contributed by atoms with Crippen molar-refractivity contribution in [1.82, 2.24) is 14.0 Å². The lowest BCUT2D eigenvalue weighted by molar-refractivity contribution is 0.383. The van der Waals surface area contributed by atoms with Gasteiger partial charge in [-0.25, -0.2) is 9.98 Å². The molecule has 2 aromatic heterocycles. The van der Waals surface area contributed by atoms with Gasteiger partial charge in [0.2, 0.25) is 0 Å². The highest BCUT2D eigenvalue weighted by Gasteiger charge is 2.27. The van der Waals surface area contributed by atoms with E-state index in [1.165, 1.54) is 10.8 Å². The number of hydrogen-bond acceptors (Lipinski definition) is 4. The van der Waals surface area contributed by atoms with Crippen LogP contribution in [0, 0.1) is 11.3 Å². The molecule has 0 fully saturated rings. The molecule has 0 spiro atoms. The van der Waals surface area contributed by atoms with Gasteiger partial charge in [0.05, 0.1) is 33.7 Å². The van der Waals surface area contributed by atoms with Gasteiger partial charge in [0.25, 0.3) is 0 Å². The van der Waals surface area contributed by atoms with Gasteiger partial charge < -0.3 is 14.0 Å². The number of para-hydroxylation sites is 2. The van der Waals surface area contributed by atoms with Crippen molar-refractivity contribution in [2.75, 3.05) is 7.05 Å². The van der Waals surface area contributed by atoms with E-state index in [0.29, 0.717) is 11.4 Å². The minimum absolute atomic E-state index is 0.316. The number of benzene rings is 7. The monoisotopic (exact) mass is 680 g/mol. The number of amidine groups is 2. The zero-order valence-corrected chi connectivity index (χ0v) is 28.9. The average Bonchev–Trinajstić information content (AvgIpc) is 3.72. The Bertz CT molecular complexity index is 2960. The third-order valence-corrected chi connectivity index (χ3v) is 10.3. The number of nitrogens with zero attached hydrogens (tertiary/aromatic N) is 6. The van der Waals surface area contributed by atoms with Crippen molar-refractivity contribution in [3.05, 3.63) is 192 Å². The third kappa shape index (κ3) is 4.94. The predicted molar refractivity (Wildman–Crippen MR) is 216 cm³/mol. The van der Waals surface area contributed by atoms with Crippen molar-refractivity contribution < 1.29 is 0 Å². The van der Waals surface area contributed by atoms with Crippen LogP contribution in [0.2, 0.25) is 0 Å². The first-order valence-electron chi connectivity index (χ1n) is 17.7. The zero-order chi connectivity index (χ0) is 35.5. The van der Waals surface area contributed by atoms with Crippen LogP contribution in [0.25, 0.3) is 55.0 Å². The lowest BCUT2D eigenvalue weighted by Crippen LogP contribution is -2.35. The minimum Gasteiger partial charge on any atom is -0.333 e. The van der Waals surface area contributed by atoms with Crippen LogP contribution in [-0.4, -0.2) is 32.8 Å². The summed E-state index contributed by atoms with van der Waals surface area (Å²) in [6.07, 6.45) is -0.316. The summed E-state index contributed by atoms with van der Waals surface area (Å²) < 4.78 is 4.68. The van der Waals surface area contributed by atoms with Gasteiger partial charge in [-0.05, 0) is 66.2 Å². The first kappa shape index (κ1) is 30.6. The van der Waals surface area contributed by atoms with Crippen LogP contribution in [0.5, 0.6) is 0 Å². The summed E-state index contributed by atoms with van der Waals surface area (Å²) in [4.78, 5) is 12.5. The molecule has 1 atom stereocenters. The van der Waals surface area contributed by atoms with Crippen LogP contribution in [0.4, 0.5) is 0 Å². The van der Waals surface area contributed by atoms with Gasteiger partial charge in [-0.3, -0.25) is 0 Å². The van der Waals surface area contributed by atoms with E-state index in [9.17, 15) is 5.26 Å². The SMILES string of the molecule is CN1C(c2ccccc2)=NC(c2ccccc2)=NC1c1cccc(-n2c3ccc(C#N)cc3c3cc4c5ccccc5n(-c5ccccc5)c4cc32)c1. The molecule has 0 saturated carbocycles. The predicted octanol–water partition coefficient (Wildman–Crippen LogP) is 10.6. The van der Waals surface area contributed by atoms with E-state index in [4.69, 9.17) is 9.98 Å². The normalized spacial score (nSPS) is 14.5. The molecule has 6 heteroatoms. The molecule has 0 bridgehead atoms. The van der Waals surface area contributed by atoms with Crippen LogP contribution in [0.15, 0.2) is 180 Å². The lowest BCUT2D eigenvalue weighted by atomic mass is 10.1. The van der Waals surface area contributed by atoms with Gasteiger partial charge >= 0.3 is 0 Å². The smallest absolute Gasteiger partial charge is 0.159 e. The lowest BCUT2D eigenvalue weighted by Gasteiger charge is -2.32. The van der Waals surface area contributed by atoms with Crippen LogP contribution in [0.1, 0.15) is 28.4 Å². The van der Waals surface area contributed by atoms with Crippen molar-refractivity contribution in [2.24, 2.45) is 9.98 Å². The molecule has 1 aliphatic heterocycles. The Morgan fingerprint density at radius 3 is 1.87 bits per heavy atom. The molecule has 0 amide bonds. The minimum atomic E-state index is -0.316. The second kappa shape index (κ2) is 12.2. The van der Waals surface area contributed by atoms with Crippen LogP contribution in [0.3, 0.4) is 0 Å². The van der Waals surface area contributed by atoms with Gasteiger partial charge in [0.1, 0.15) is 5.84 Å². The van der Waals surface area contributed by atoms with E-state index in [-0.39, 0.29) is 6.17 Å². The largest absolute Gasteiger partial charge is 0.333 e. The molecule has 0 radical (unpaired) electrons. The van der Waals surface area contributed by atoms with E-state index < -0.39 is 0 Å². The van der Waals surface area contributed by atoms with Crippen molar-refractivity contribution in [3.8, 4) is 17.4 Å². The fourth-order valence-electron chi connectivity index (χ4n) is 7.91. The summed E-state index contributed by atoms with van der Waals surface area (Å²) in [5, 5.41) is 14.5. The van der Waals surface area contributed by atoms with E-state index in [2.05, 4.69) is 148 Å². The standard InChI is InChI=1S/C47H32N6/c1-51-46(33-16-7-3-8-17-33)49-45(32-14-5-2-6-15-32)50-47(51)34-18-13-21-36(27-34)53-42-25-24-31(30-48)26-38(42)40-28-39-37-22-11-12-23-41(37)52(43(39)29-44(40)53)35-19-9-4-10-20-35/h2-29,47H,1H3. The number of rotatable bonds is 5. The van der Waals surface area contributed by atoms with Gasteiger partial charge in [-0.15, -0.1) is 0 Å². The molecule has 9 aromatic rings. The van der Waals surface area contributed by atoms with E-state index >= 15 is 0 Å². The molecule has 53 heavy (non-hydrogen) atoms. The third-order valence-electron chi connectivity index (χ3n) is 10.3.